The summed E-state index contributed by atoms with van der Waals surface area (Å²) in [6.07, 6.45) is 6.51. The van der Waals surface area contributed by atoms with Crippen molar-refractivity contribution in [3.05, 3.63) is 29.3 Å². The fourth-order valence-corrected chi connectivity index (χ4v) is 5.83. The summed E-state index contributed by atoms with van der Waals surface area (Å²) < 4.78 is 10.2. The van der Waals surface area contributed by atoms with E-state index < -0.39 is 11.9 Å². The second-order valence-electron chi connectivity index (χ2n) is 8.84. The highest BCUT2D eigenvalue weighted by Gasteiger charge is 2.55. The molecule has 5 rings (SSSR count). The van der Waals surface area contributed by atoms with Crippen LogP contribution in [0.4, 0.5) is 5.69 Å². The summed E-state index contributed by atoms with van der Waals surface area (Å²) in [6, 6.07) is 4.95. The van der Waals surface area contributed by atoms with E-state index in [9.17, 15) is 14.4 Å². The number of esters is 2. The molecule has 0 atom stereocenters. The first-order valence-electron chi connectivity index (χ1n) is 10.0. The van der Waals surface area contributed by atoms with Crippen LogP contribution in [0.2, 0.25) is 0 Å². The molecule has 4 fully saturated rings. The number of amides is 1. The Labute approximate surface area is 165 Å². The van der Waals surface area contributed by atoms with E-state index in [4.69, 9.17) is 9.47 Å². The number of hydrogen-bond acceptors (Lipinski definition) is 5. The van der Waals surface area contributed by atoms with Crippen LogP contribution >= 0.6 is 0 Å². The Morgan fingerprint density at radius 1 is 1.07 bits per heavy atom. The fourth-order valence-electron chi connectivity index (χ4n) is 5.83. The van der Waals surface area contributed by atoms with E-state index in [1.54, 1.807) is 18.2 Å². The van der Waals surface area contributed by atoms with Crippen molar-refractivity contribution in [2.45, 2.75) is 45.4 Å². The first kappa shape index (κ1) is 19.0. The van der Waals surface area contributed by atoms with Gasteiger partial charge in [0.25, 0.3) is 5.91 Å². The van der Waals surface area contributed by atoms with Gasteiger partial charge in [-0.2, -0.15) is 0 Å². The molecule has 0 unspecified atom stereocenters. The molecule has 1 N–H and O–H groups in total. The zero-order chi connectivity index (χ0) is 19.9. The van der Waals surface area contributed by atoms with Gasteiger partial charge in [-0.15, -0.1) is 0 Å². The van der Waals surface area contributed by atoms with Gasteiger partial charge >= 0.3 is 11.9 Å². The average molecular weight is 385 g/mol. The quantitative estimate of drug-likeness (QED) is 0.785. The van der Waals surface area contributed by atoms with Gasteiger partial charge in [0.2, 0.25) is 0 Å². The highest BCUT2D eigenvalue weighted by Crippen LogP contribution is 2.60. The molecule has 6 nitrogen and oxygen atoms in total. The van der Waals surface area contributed by atoms with Crippen molar-refractivity contribution < 1.29 is 23.9 Å². The average Bonchev–Trinajstić information content (AvgIpc) is 2.66. The topological polar surface area (TPSA) is 81.7 Å². The highest BCUT2D eigenvalue weighted by molar-refractivity contribution is 5.96. The van der Waals surface area contributed by atoms with Crippen molar-refractivity contribution in [2.24, 2.45) is 23.2 Å². The van der Waals surface area contributed by atoms with E-state index in [1.165, 1.54) is 26.4 Å². The molecule has 0 aliphatic heterocycles. The third kappa shape index (κ3) is 3.52. The van der Waals surface area contributed by atoms with Gasteiger partial charge in [-0.25, -0.2) is 4.79 Å². The van der Waals surface area contributed by atoms with Crippen molar-refractivity contribution >= 4 is 23.5 Å². The zero-order valence-corrected chi connectivity index (χ0v) is 16.5. The molecule has 6 heteroatoms. The van der Waals surface area contributed by atoms with Crippen molar-refractivity contribution in [2.75, 3.05) is 19.0 Å². The molecule has 150 valence electrons. The van der Waals surface area contributed by atoms with Gasteiger partial charge in [0, 0.05) is 5.69 Å². The zero-order valence-electron chi connectivity index (χ0n) is 16.5. The lowest BCUT2D eigenvalue weighted by Crippen LogP contribution is -2.50. The minimum absolute atomic E-state index is 0.207. The van der Waals surface area contributed by atoms with E-state index in [-0.39, 0.29) is 18.0 Å². The minimum Gasteiger partial charge on any atom is -0.465 e. The Morgan fingerprint density at radius 2 is 1.68 bits per heavy atom. The molecular formula is C22H27NO5. The molecule has 4 saturated carbocycles. The maximum Gasteiger partial charge on any atom is 0.337 e. The normalized spacial score (nSPS) is 30.0. The van der Waals surface area contributed by atoms with Crippen molar-refractivity contribution in [3.63, 3.8) is 0 Å². The smallest absolute Gasteiger partial charge is 0.337 e. The number of carbonyl (C=O) groups excluding carboxylic acids is 3. The molecular weight excluding hydrogens is 358 g/mol. The van der Waals surface area contributed by atoms with E-state index in [2.05, 4.69) is 5.32 Å². The van der Waals surface area contributed by atoms with Gasteiger partial charge < -0.3 is 14.8 Å². The summed E-state index contributed by atoms with van der Waals surface area (Å²) in [5.41, 5.74) is 1.32. The Balaban J connectivity index is 1.36. The largest absolute Gasteiger partial charge is 0.465 e. The number of ether oxygens (including phenoxy) is 2. The van der Waals surface area contributed by atoms with Crippen LogP contribution in [0, 0.1) is 30.1 Å². The molecule has 0 aromatic heterocycles. The number of rotatable bonds is 5. The van der Waals surface area contributed by atoms with Crippen LogP contribution in [0.15, 0.2) is 18.2 Å². The Morgan fingerprint density at radius 3 is 2.25 bits per heavy atom. The monoisotopic (exact) mass is 385 g/mol. The predicted octanol–water partition coefficient (Wildman–Crippen LogP) is 3.48. The lowest BCUT2D eigenvalue weighted by Gasteiger charge is -2.55. The lowest BCUT2D eigenvalue weighted by molar-refractivity contribution is -0.172. The first-order valence-corrected chi connectivity index (χ1v) is 10.0. The number of anilines is 1. The first-order chi connectivity index (χ1) is 13.4. The molecule has 4 aliphatic rings. The minimum atomic E-state index is -0.469. The summed E-state index contributed by atoms with van der Waals surface area (Å²) in [5, 5.41) is 2.73. The van der Waals surface area contributed by atoms with Crippen molar-refractivity contribution in [1.82, 2.24) is 0 Å². The Bertz CT molecular complexity index is 780. The Kier molecular flexibility index (Phi) is 4.89. The number of hydrogen-bond donors (Lipinski definition) is 1. The molecule has 1 aromatic rings. The third-order valence-electron chi connectivity index (χ3n) is 6.74. The van der Waals surface area contributed by atoms with Gasteiger partial charge in [0.1, 0.15) is 0 Å². The molecule has 0 heterocycles. The van der Waals surface area contributed by atoms with E-state index in [1.807, 2.05) is 6.92 Å². The maximum absolute atomic E-state index is 12.8. The molecule has 0 spiro atoms. The third-order valence-corrected chi connectivity index (χ3v) is 6.74. The standard InChI is InChI=1S/C22H27NO5/c1-13-3-4-17(20(25)27-2)8-18(13)23-19(24)12-28-21(26)22-9-14-5-15(10-22)7-16(6-14)11-22/h3-4,8,14-16H,5-7,9-12H2,1-2H3,(H,23,24). The number of nitrogens with one attached hydrogen (secondary N) is 1. The summed E-state index contributed by atoms with van der Waals surface area (Å²) in [7, 11) is 1.31. The summed E-state index contributed by atoms with van der Waals surface area (Å²) in [6.45, 7) is 1.53. The van der Waals surface area contributed by atoms with Gasteiger partial charge in [-0.05, 0) is 80.9 Å². The van der Waals surface area contributed by atoms with E-state index in [0.717, 1.165) is 24.8 Å². The van der Waals surface area contributed by atoms with Crippen LogP contribution in [0.3, 0.4) is 0 Å². The van der Waals surface area contributed by atoms with Crippen LogP contribution in [0.25, 0.3) is 0 Å². The van der Waals surface area contributed by atoms with Crippen LogP contribution in [0.5, 0.6) is 0 Å². The van der Waals surface area contributed by atoms with Gasteiger partial charge in [0.15, 0.2) is 6.61 Å². The SMILES string of the molecule is COC(=O)c1ccc(C)c(NC(=O)COC(=O)C23CC4CC(CC(C4)C2)C3)c1. The summed E-state index contributed by atoms with van der Waals surface area (Å²) in [4.78, 5) is 36.9. The summed E-state index contributed by atoms with van der Waals surface area (Å²) >= 11 is 0. The number of benzene rings is 1. The molecule has 4 bridgehead atoms. The molecule has 28 heavy (non-hydrogen) atoms. The fraction of sp³-hybridized carbons (Fsp3) is 0.591. The lowest BCUT2D eigenvalue weighted by atomic mass is 9.49. The molecule has 0 radical (unpaired) electrons. The van der Waals surface area contributed by atoms with E-state index in [0.29, 0.717) is 29.0 Å². The van der Waals surface area contributed by atoms with Crippen LogP contribution in [0.1, 0.15) is 54.4 Å². The summed E-state index contributed by atoms with van der Waals surface area (Å²) in [5.74, 6) is 0.873. The van der Waals surface area contributed by atoms with Crippen LogP contribution < -0.4 is 5.32 Å². The molecule has 1 aromatic carbocycles. The number of carbonyl (C=O) groups is 3. The highest BCUT2D eigenvalue weighted by atomic mass is 16.5. The van der Waals surface area contributed by atoms with Crippen LogP contribution in [-0.2, 0) is 19.1 Å². The molecule has 0 saturated heterocycles. The second kappa shape index (κ2) is 7.22. The van der Waals surface area contributed by atoms with Crippen molar-refractivity contribution in [1.29, 1.82) is 0 Å². The van der Waals surface area contributed by atoms with Crippen LogP contribution in [-0.4, -0.2) is 31.6 Å². The number of aryl methyl sites for hydroxylation is 1. The van der Waals surface area contributed by atoms with Crippen molar-refractivity contribution in [3.8, 4) is 0 Å². The molecule has 1 amide bonds. The maximum atomic E-state index is 12.8. The second-order valence-corrected chi connectivity index (χ2v) is 8.84. The van der Waals surface area contributed by atoms with Gasteiger partial charge in [-0.1, -0.05) is 6.07 Å². The predicted molar refractivity (Wildman–Crippen MR) is 103 cm³/mol. The Hall–Kier alpha value is -2.37. The van der Waals surface area contributed by atoms with E-state index >= 15 is 0 Å². The molecule has 4 aliphatic carbocycles. The van der Waals surface area contributed by atoms with Gasteiger partial charge in [-0.3, -0.25) is 9.59 Å². The number of methoxy groups -OCH3 is 1. The van der Waals surface area contributed by atoms with Gasteiger partial charge in [0.05, 0.1) is 18.1 Å².